The van der Waals surface area contributed by atoms with Crippen LogP contribution in [0, 0.1) is 11.3 Å². The quantitative estimate of drug-likeness (QED) is 0.739. The Hall–Kier alpha value is -1.06. The lowest BCUT2D eigenvalue weighted by molar-refractivity contribution is -0.149. The SMILES string of the molecule is CCCC1CCC(NC(=O)C2(C(=O)O)CC2)CC1. The molecule has 0 aliphatic heterocycles. The van der Waals surface area contributed by atoms with Gasteiger partial charge in [-0.1, -0.05) is 19.8 Å². The van der Waals surface area contributed by atoms with Gasteiger partial charge >= 0.3 is 5.97 Å². The fourth-order valence-corrected chi connectivity index (χ4v) is 2.99. The highest BCUT2D eigenvalue weighted by atomic mass is 16.4. The Balaban J connectivity index is 1.78. The summed E-state index contributed by atoms with van der Waals surface area (Å²) in [7, 11) is 0. The van der Waals surface area contributed by atoms with Crippen molar-refractivity contribution in [2.45, 2.75) is 64.3 Å². The summed E-state index contributed by atoms with van der Waals surface area (Å²) in [6.45, 7) is 2.21. The summed E-state index contributed by atoms with van der Waals surface area (Å²) >= 11 is 0. The number of nitrogens with one attached hydrogen (secondary N) is 1. The van der Waals surface area contributed by atoms with Gasteiger partial charge in [-0.25, -0.2) is 0 Å². The second-order valence-electron chi connectivity index (χ2n) is 5.87. The molecule has 0 heterocycles. The smallest absolute Gasteiger partial charge is 0.319 e. The highest BCUT2D eigenvalue weighted by Crippen LogP contribution is 2.46. The van der Waals surface area contributed by atoms with Gasteiger partial charge in [0.1, 0.15) is 5.41 Å². The Labute approximate surface area is 108 Å². The second-order valence-corrected chi connectivity index (χ2v) is 5.87. The predicted octanol–water partition coefficient (Wildman–Crippen LogP) is 2.33. The first-order valence-electron chi connectivity index (χ1n) is 7.13. The Morgan fingerprint density at radius 1 is 1.22 bits per heavy atom. The van der Waals surface area contributed by atoms with Crippen molar-refractivity contribution in [2.75, 3.05) is 0 Å². The number of hydrogen-bond donors (Lipinski definition) is 2. The Bertz CT molecular complexity index is 328. The fraction of sp³-hybridized carbons (Fsp3) is 0.857. The average Bonchev–Trinajstić information content (AvgIpc) is 3.13. The molecule has 2 N–H and O–H groups in total. The van der Waals surface area contributed by atoms with E-state index in [1.54, 1.807) is 0 Å². The lowest BCUT2D eigenvalue weighted by Gasteiger charge is -2.29. The van der Waals surface area contributed by atoms with E-state index in [4.69, 9.17) is 5.11 Å². The van der Waals surface area contributed by atoms with Crippen LogP contribution in [-0.4, -0.2) is 23.0 Å². The van der Waals surface area contributed by atoms with Crippen LogP contribution < -0.4 is 5.32 Å². The van der Waals surface area contributed by atoms with Crippen molar-refractivity contribution in [1.29, 1.82) is 0 Å². The van der Waals surface area contributed by atoms with E-state index in [9.17, 15) is 9.59 Å². The van der Waals surface area contributed by atoms with Crippen molar-refractivity contribution in [3.63, 3.8) is 0 Å². The molecule has 4 nitrogen and oxygen atoms in total. The van der Waals surface area contributed by atoms with Crippen LogP contribution >= 0.6 is 0 Å². The van der Waals surface area contributed by atoms with Crippen LogP contribution in [-0.2, 0) is 9.59 Å². The molecule has 0 aromatic rings. The number of amides is 1. The van der Waals surface area contributed by atoms with E-state index in [2.05, 4.69) is 12.2 Å². The first-order valence-corrected chi connectivity index (χ1v) is 7.13. The van der Waals surface area contributed by atoms with Gasteiger partial charge in [0.15, 0.2) is 0 Å². The monoisotopic (exact) mass is 253 g/mol. The van der Waals surface area contributed by atoms with Crippen molar-refractivity contribution in [3.05, 3.63) is 0 Å². The third-order valence-corrected chi connectivity index (χ3v) is 4.47. The number of carboxylic acid groups (broad SMARTS) is 1. The third-order valence-electron chi connectivity index (χ3n) is 4.47. The molecule has 4 heteroatoms. The number of carboxylic acids is 1. The van der Waals surface area contributed by atoms with E-state index in [1.165, 1.54) is 25.7 Å². The Morgan fingerprint density at radius 3 is 2.28 bits per heavy atom. The zero-order valence-corrected chi connectivity index (χ0v) is 11.1. The van der Waals surface area contributed by atoms with E-state index < -0.39 is 11.4 Å². The lowest BCUT2D eigenvalue weighted by atomic mass is 9.83. The molecule has 1 amide bonds. The molecule has 18 heavy (non-hydrogen) atoms. The second kappa shape index (κ2) is 5.29. The van der Waals surface area contributed by atoms with E-state index >= 15 is 0 Å². The van der Waals surface area contributed by atoms with Crippen molar-refractivity contribution in [2.24, 2.45) is 11.3 Å². The molecule has 102 valence electrons. The first kappa shape index (κ1) is 13.4. The van der Waals surface area contributed by atoms with Crippen molar-refractivity contribution in [1.82, 2.24) is 5.32 Å². The molecule has 0 aromatic heterocycles. The normalized spacial score (nSPS) is 29.6. The van der Waals surface area contributed by atoms with Gasteiger partial charge in [0.05, 0.1) is 0 Å². The van der Waals surface area contributed by atoms with Crippen LogP contribution in [0.25, 0.3) is 0 Å². The van der Waals surface area contributed by atoms with Crippen molar-refractivity contribution in [3.8, 4) is 0 Å². The molecule has 2 aliphatic carbocycles. The van der Waals surface area contributed by atoms with Crippen LogP contribution in [0.4, 0.5) is 0 Å². The standard InChI is InChI=1S/C14H23NO3/c1-2-3-10-4-6-11(7-5-10)15-12(16)14(8-9-14)13(17)18/h10-11H,2-9H2,1H3,(H,15,16)(H,17,18). The summed E-state index contributed by atoms with van der Waals surface area (Å²) in [5.41, 5.74) is -1.08. The summed E-state index contributed by atoms with van der Waals surface area (Å²) in [6.07, 6.45) is 7.85. The van der Waals surface area contributed by atoms with Gasteiger partial charge in [-0.05, 0) is 44.4 Å². The molecule has 0 atom stereocenters. The molecule has 0 aromatic carbocycles. The molecule has 2 aliphatic rings. The number of rotatable bonds is 5. The number of carbonyl (C=O) groups is 2. The molecule has 0 unspecified atom stereocenters. The van der Waals surface area contributed by atoms with Gasteiger partial charge in [0.2, 0.25) is 5.91 Å². The van der Waals surface area contributed by atoms with Gasteiger partial charge in [-0.15, -0.1) is 0 Å². The topological polar surface area (TPSA) is 66.4 Å². The lowest BCUT2D eigenvalue weighted by Crippen LogP contribution is -2.44. The van der Waals surface area contributed by atoms with E-state index in [1.807, 2.05) is 0 Å². The van der Waals surface area contributed by atoms with Gasteiger partial charge in [-0.2, -0.15) is 0 Å². The first-order chi connectivity index (χ1) is 8.58. The molecule has 2 fully saturated rings. The maximum atomic E-state index is 12.0. The molecule has 2 saturated carbocycles. The third kappa shape index (κ3) is 2.68. The summed E-state index contributed by atoms with van der Waals surface area (Å²) in [5.74, 6) is -0.411. The number of hydrogen-bond acceptors (Lipinski definition) is 2. The van der Waals surface area contributed by atoms with Crippen molar-refractivity contribution < 1.29 is 14.7 Å². The molecular formula is C14H23NO3. The summed E-state index contributed by atoms with van der Waals surface area (Å²) < 4.78 is 0. The van der Waals surface area contributed by atoms with Crippen LogP contribution in [0.3, 0.4) is 0 Å². The van der Waals surface area contributed by atoms with Crippen LogP contribution in [0.2, 0.25) is 0 Å². The van der Waals surface area contributed by atoms with Gasteiger partial charge in [0, 0.05) is 6.04 Å². The largest absolute Gasteiger partial charge is 0.480 e. The van der Waals surface area contributed by atoms with Gasteiger partial charge in [0.25, 0.3) is 0 Å². The van der Waals surface area contributed by atoms with Crippen LogP contribution in [0.5, 0.6) is 0 Å². The predicted molar refractivity (Wildman–Crippen MR) is 68.1 cm³/mol. The molecule has 2 rings (SSSR count). The molecule has 0 spiro atoms. The number of aliphatic carboxylic acids is 1. The molecule has 0 bridgehead atoms. The van der Waals surface area contributed by atoms with E-state index in [0.29, 0.717) is 12.8 Å². The summed E-state index contributed by atoms with van der Waals surface area (Å²) in [5, 5.41) is 12.0. The van der Waals surface area contributed by atoms with Crippen molar-refractivity contribution >= 4 is 11.9 Å². The molecule has 0 saturated heterocycles. The Kier molecular flexibility index (Phi) is 3.93. The molecular weight excluding hydrogens is 230 g/mol. The highest BCUT2D eigenvalue weighted by molar-refractivity contribution is 6.04. The fourth-order valence-electron chi connectivity index (χ4n) is 2.99. The van der Waals surface area contributed by atoms with Crippen LogP contribution in [0.1, 0.15) is 58.3 Å². The summed E-state index contributed by atoms with van der Waals surface area (Å²) in [6, 6.07) is 0.197. The maximum Gasteiger partial charge on any atom is 0.319 e. The number of carbonyl (C=O) groups excluding carboxylic acids is 1. The Morgan fingerprint density at radius 2 is 1.83 bits per heavy atom. The summed E-state index contributed by atoms with van der Waals surface area (Å²) in [4.78, 5) is 23.0. The zero-order chi connectivity index (χ0) is 13.2. The molecule has 0 radical (unpaired) electrons. The van der Waals surface area contributed by atoms with E-state index in [-0.39, 0.29) is 11.9 Å². The zero-order valence-electron chi connectivity index (χ0n) is 11.1. The van der Waals surface area contributed by atoms with Gasteiger partial charge < -0.3 is 10.4 Å². The van der Waals surface area contributed by atoms with E-state index in [0.717, 1.165) is 18.8 Å². The maximum absolute atomic E-state index is 12.0. The highest BCUT2D eigenvalue weighted by Gasteiger charge is 2.57. The van der Waals surface area contributed by atoms with Gasteiger partial charge in [-0.3, -0.25) is 9.59 Å². The van der Waals surface area contributed by atoms with Crippen LogP contribution in [0.15, 0.2) is 0 Å². The minimum atomic E-state index is -1.08. The average molecular weight is 253 g/mol. The minimum absolute atomic E-state index is 0.197. The minimum Gasteiger partial charge on any atom is -0.480 e.